The van der Waals surface area contributed by atoms with Gasteiger partial charge in [0, 0.05) is 6.61 Å². The number of benzene rings is 6. The predicted molar refractivity (Wildman–Crippen MR) is 219 cm³/mol. The molecule has 0 aliphatic carbocycles. The number of anilines is 1. The SMILES string of the molecule is CC(OC(c1ccccc1)(c1ccccc1)c1ccccc1)C(CCO)n1cnc2c(NC(c3ccccc3)(c3ccccc3)c3ccccc3)ncnc21. The lowest BCUT2D eigenvalue weighted by molar-refractivity contribution is -0.0646. The van der Waals surface area contributed by atoms with E-state index in [2.05, 4.69) is 121 Å². The Morgan fingerprint density at radius 1 is 0.564 bits per heavy atom. The minimum atomic E-state index is -0.949. The Morgan fingerprint density at radius 3 is 1.36 bits per heavy atom. The van der Waals surface area contributed by atoms with Crippen LogP contribution in [0.4, 0.5) is 5.82 Å². The lowest BCUT2D eigenvalue weighted by atomic mass is 9.77. The number of fused-ring (bicyclic) bond motifs is 1. The molecule has 2 heterocycles. The van der Waals surface area contributed by atoms with Crippen LogP contribution in [0.3, 0.4) is 0 Å². The second-order valence-electron chi connectivity index (χ2n) is 13.7. The first-order valence-corrected chi connectivity index (χ1v) is 18.7. The number of hydrogen-bond acceptors (Lipinski definition) is 6. The van der Waals surface area contributed by atoms with Gasteiger partial charge in [-0.2, -0.15) is 0 Å². The second kappa shape index (κ2) is 15.9. The molecule has 0 aliphatic heterocycles. The molecule has 0 spiro atoms. The van der Waals surface area contributed by atoms with Gasteiger partial charge in [0.05, 0.1) is 18.5 Å². The summed E-state index contributed by atoms with van der Waals surface area (Å²) >= 11 is 0. The predicted octanol–water partition coefficient (Wildman–Crippen LogP) is 9.55. The van der Waals surface area contributed by atoms with Gasteiger partial charge in [-0.25, -0.2) is 15.0 Å². The van der Waals surface area contributed by atoms with Crippen molar-refractivity contribution in [2.75, 3.05) is 11.9 Å². The van der Waals surface area contributed by atoms with Crippen molar-refractivity contribution in [1.29, 1.82) is 0 Å². The van der Waals surface area contributed by atoms with Crippen LogP contribution >= 0.6 is 0 Å². The maximum Gasteiger partial charge on any atom is 0.165 e. The molecule has 2 N–H and O–H groups in total. The molecule has 8 rings (SSSR count). The molecule has 0 amide bonds. The maximum absolute atomic E-state index is 10.6. The van der Waals surface area contributed by atoms with E-state index in [4.69, 9.17) is 19.7 Å². The molecule has 0 radical (unpaired) electrons. The standard InChI is InChI=1S/C48H43N5O2/c1-36(55-48(40-26-14-5-15-27-40,41-28-16-6-17-29-41)42-30-18-7-19-31-42)43(32-33-54)53-35-51-44-45(49-34-50-46(44)53)52-47(37-20-8-2-9-21-37,38-22-10-3-11-23-38)39-24-12-4-13-25-39/h2-31,34-36,43,54H,32-33H2,1H3,(H,49,50,52). The third-order valence-electron chi connectivity index (χ3n) is 10.5. The highest BCUT2D eigenvalue weighted by atomic mass is 16.5. The van der Waals surface area contributed by atoms with E-state index in [0.717, 1.165) is 33.4 Å². The summed E-state index contributed by atoms with van der Waals surface area (Å²) < 4.78 is 9.48. The number of imidazole rings is 1. The van der Waals surface area contributed by atoms with Crippen LogP contribution in [-0.2, 0) is 15.9 Å². The molecule has 0 saturated heterocycles. The van der Waals surface area contributed by atoms with Gasteiger partial charge >= 0.3 is 0 Å². The molecule has 6 aromatic carbocycles. The van der Waals surface area contributed by atoms with Crippen LogP contribution in [0.15, 0.2) is 195 Å². The van der Waals surface area contributed by atoms with Crippen LogP contribution in [-0.4, -0.2) is 37.3 Å². The molecule has 0 fully saturated rings. The molecule has 7 heteroatoms. The van der Waals surface area contributed by atoms with E-state index < -0.39 is 17.2 Å². The molecular weight excluding hydrogens is 679 g/mol. The molecule has 2 atom stereocenters. The van der Waals surface area contributed by atoms with Crippen LogP contribution < -0.4 is 5.32 Å². The molecule has 0 saturated carbocycles. The van der Waals surface area contributed by atoms with Gasteiger partial charge in [-0.3, -0.25) is 0 Å². The van der Waals surface area contributed by atoms with Gasteiger partial charge < -0.3 is 19.7 Å². The quantitative estimate of drug-likeness (QED) is 0.109. The van der Waals surface area contributed by atoms with Crippen molar-refractivity contribution in [2.45, 2.75) is 36.6 Å². The number of hydrogen-bond donors (Lipinski definition) is 2. The zero-order valence-electron chi connectivity index (χ0n) is 30.7. The Labute approximate surface area is 322 Å². The average molecular weight is 722 g/mol. The summed E-state index contributed by atoms with van der Waals surface area (Å²) in [6, 6.07) is 62.0. The van der Waals surface area contributed by atoms with E-state index >= 15 is 0 Å². The molecule has 272 valence electrons. The molecular formula is C48H43N5O2. The van der Waals surface area contributed by atoms with Crippen LogP contribution in [0.1, 0.15) is 52.8 Å². The summed E-state index contributed by atoms with van der Waals surface area (Å²) in [6.45, 7) is 2.02. The Hall–Kier alpha value is -6.41. The molecule has 7 nitrogen and oxygen atoms in total. The first-order chi connectivity index (χ1) is 27.1. The van der Waals surface area contributed by atoms with Crippen molar-refractivity contribution in [3.8, 4) is 0 Å². The topological polar surface area (TPSA) is 85.1 Å². The summed E-state index contributed by atoms with van der Waals surface area (Å²) in [7, 11) is 0. The number of aliphatic hydroxyl groups excluding tert-OH is 1. The third kappa shape index (κ3) is 6.69. The number of nitrogens with zero attached hydrogens (tertiary/aromatic N) is 4. The van der Waals surface area contributed by atoms with Gasteiger partial charge in [0.15, 0.2) is 11.5 Å². The Kier molecular flexibility index (Phi) is 10.3. The number of ether oxygens (including phenoxy) is 1. The number of aromatic nitrogens is 4. The zero-order valence-corrected chi connectivity index (χ0v) is 30.7. The van der Waals surface area contributed by atoms with E-state index in [0.29, 0.717) is 23.4 Å². The van der Waals surface area contributed by atoms with E-state index in [1.165, 1.54) is 0 Å². The summed E-state index contributed by atoms with van der Waals surface area (Å²) in [4.78, 5) is 14.6. The van der Waals surface area contributed by atoms with Gasteiger partial charge in [0.25, 0.3) is 0 Å². The van der Waals surface area contributed by atoms with Crippen molar-refractivity contribution >= 4 is 17.0 Å². The van der Waals surface area contributed by atoms with Gasteiger partial charge in [-0.15, -0.1) is 0 Å². The summed E-state index contributed by atoms with van der Waals surface area (Å²) in [5.41, 5.74) is 5.67. The highest BCUT2D eigenvalue weighted by molar-refractivity contribution is 5.84. The minimum Gasteiger partial charge on any atom is -0.396 e. The summed E-state index contributed by atoms with van der Waals surface area (Å²) in [5.74, 6) is 0.587. The fourth-order valence-electron chi connectivity index (χ4n) is 7.96. The zero-order chi connectivity index (χ0) is 37.5. The molecule has 2 aromatic heterocycles. The first-order valence-electron chi connectivity index (χ1n) is 18.7. The molecule has 8 aromatic rings. The van der Waals surface area contributed by atoms with Crippen LogP contribution in [0, 0.1) is 0 Å². The minimum absolute atomic E-state index is 0.0532. The van der Waals surface area contributed by atoms with E-state index in [1.807, 2.05) is 77.4 Å². The Bertz CT molecular complexity index is 2220. The lowest BCUT2D eigenvalue weighted by Crippen LogP contribution is -2.39. The van der Waals surface area contributed by atoms with E-state index in [1.54, 1.807) is 12.7 Å². The first kappa shape index (κ1) is 35.6. The number of rotatable bonds is 14. The fraction of sp³-hybridized carbons (Fsp3) is 0.146. The van der Waals surface area contributed by atoms with Crippen molar-refractivity contribution in [1.82, 2.24) is 19.5 Å². The van der Waals surface area contributed by atoms with Gasteiger partial charge in [-0.1, -0.05) is 182 Å². The second-order valence-corrected chi connectivity index (χ2v) is 13.7. The van der Waals surface area contributed by atoms with Crippen molar-refractivity contribution in [3.63, 3.8) is 0 Å². The Morgan fingerprint density at radius 2 is 0.964 bits per heavy atom. The highest BCUT2D eigenvalue weighted by Gasteiger charge is 2.41. The van der Waals surface area contributed by atoms with E-state index in [9.17, 15) is 5.11 Å². The third-order valence-corrected chi connectivity index (χ3v) is 10.5. The monoisotopic (exact) mass is 721 g/mol. The van der Waals surface area contributed by atoms with Gasteiger partial charge in [0.2, 0.25) is 0 Å². The smallest absolute Gasteiger partial charge is 0.165 e. The van der Waals surface area contributed by atoms with Crippen molar-refractivity contribution in [2.24, 2.45) is 0 Å². The van der Waals surface area contributed by atoms with Gasteiger partial charge in [0.1, 0.15) is 23.0 Å². The lowest BCUT2D eigenvalue weighted by Gasteiger charge is -2.40. The van der Waals surface area contributed by atoms with Crippen LogP contribution in [0.5, 0.6) is 0 Å². The molecule has 2 unspecified atom stereocenters. The van der Waals surface area contributed by atoms with Gasteiger partial charge in [-0.05, 0) is 46.7 Å². The molecule has 55 heavy (non-hydrogen) atoms. The highest BCUT2D eigenvalue weighted by Crippen LogP contribution is 2.44. The van der Waals surface area contributed by atoms with E-state index in [-0.39, 0.29) is 12.6 Å². The normalized spacial score (nSPS) is 13.0. The molecule has 0 aliphatic rings. The fourth-order valence-corrected chi connectivity index (χ4v) is 7.96. The maximum atomic E-state index is 10.6. The summed E-state index contributed by atoms with van der Waals surface area (Å²) in [6.07, 6.45) is 3.37. The van der Waals surface area contributed by atoms with Crippen molar-refractivity contribution < 1.29 is 9.84 Å². The summed E-state index contributed by atoms with van der Waals surface area (Å²) in [5, 5.41) is 14.5. The number of nitrogens with one attached hydrogen (secondary N) is 1. The van der Waals surface area contributed by atoms with Crippen LogP contribution in [0.25, 0.3) is 11.2 Å². The van der Waals surface area contributed by atoms with Crippen LogP contribution in [0.2, 0.25) is 0 Å². The molecule has 0 bridgehead atoms. The Balaban J connectivity index is 1.25. The number of aliphatic hydroxyl groups is 1. The average Bonchev–Trinajstić information content (AvgIpc) is 3.70. The van der Waals surface area contributed by atoms with Crippen molar-refractivity contribution in [3.05, 3.63) is 228 Å². The largest absolute Gasteiger partial charge is 0.396 e.